The average molecular weight is 467 g/mol. The lowest BCUT2D eigenvalue weighted by Gasteiger charge is -2.31. The fraction of sp³-hybridized carbons (Fsp3) is 0.429. The number of amides is 1. The van der Waals surface area contributed by atoms with Gasteiger partial charge in [-0.05, 0) is 62.6 Å². The highest BCUT2D eigenvalue weighted by Crippen LogP contribution is 2.30. The third-order valence-corrected chi connectivity index (χ3v) is 8.09. The molecule has 2 heterocycles. The van der Waals surface area contributed by atoms with Crippen LogP contribution in [0.3, 0.4) is 0 Å². The monoisotopic (exact) mass is 466 g/mol. The van der Waals surface area contributed by atoms with Crippen molar-refractivity contribution in [3.63, 3.8) is 0 Å². The smallest absolute Gasteiger partial charge is 0.348 e. The van der Waals surface area contributed by atoms with E-state index in [2.05, 4.69) is 5.32 Å². The molecule has 3 rings (SSSR count). The van der Waals surface area contributed by atoms with Gasteiger partial charge in [0.1, 0.15) is 10.6 Å². The van der Waals surface area contributed by atoms with E-state index in [-0.39, 0.29) is 24.0 Å². The van der Waals surface area contributed by atoms with Crippen LogP contribution >= 0.6 is 11.3 Å². The zero-order valence-corrected chi connectivity index (χ0v) is 19.3. The van der Waals surface area contributed by atoms with E-state index < -0.39 is 21.9 Å². The van der Waals surface area contributed by atoms with Crippen molar-refractivity contribution < 1.29 is 27.5 Å². The van der Waals surface area contributed by atoms with Crippen molar-refractivity contribution in [1.29, 1.82) is 0 Å². The largest absolute Gasteiger partial charge is 0.497 e. The molecule has 31 heavy (non-hydrogen) atoms. The number of rotatable bonds is 7. The Morgan fingerprint density at radius 3 is 2.61 bits per heavy atom. The molecule has 0 aliphatic carbocycles. The van der Waals surface area contributed by atoms with Crippen molar-refractivity contribution in [3.8, 4) is 5.75 Å². The molecule has 1 unspecified atom stereocenters. The van der Waals surface area contributed by atoms with Gasteiger partial charge < -0.3 is 14.8 Å². The van der Waals surface area contributed by atoms with Crippen LogP contribution in [0.25, 0.3) is 0 Å². The topological polar surface area (TPSA) is 102 Å². The Labute approximate surface area is 186 Å². The van der Waals surface area contributed by atoms with Gasteiger partial charge in [0.05, 0.1) is 29.5 Å². The van der Waals surface area contributed by atoms with Crippen molar-refractivity contribution in [3.05, 3.63) is 40.8 Å². The van der Waals surface area contributed by atoms with Crippen molar-refractivity contribution in [2.24, 2.45) is 5.92 Å². The Balaban J connectivity index is 1.69. The maximum Gasteiger partial charge on any atom is 0.348 e. The van der Waals surface area contributed by atoms with Crippen LogP contribution in [-0.4, -0.2) is 51.4 Å². The highest BCUT2D eigenvalue weighted by Gasteiger charge is 2.33. The number of methoxy groups -OCH3 is 1. The van der Waals surface area contributed by atoms with Crippen LogP contribution in [0.1, 0.15) is 35.0 Å². The lowest BCUT2D eigenvalue weighted by Crippen LogP contribution is -2.43. The number of ether oxygens (including phenoxy) is 2. The molecule has 1 atom stereocenters. The van der Waals surface area contributed by atoms with E-state index in [4.69, 9.17) is 9.47 Å². The van der Waals surface area contributed by atoms with E-state index in [0.717, 1.165) is 16.9 Å². The summed E-state index contributed by atoms with van der Waals surface area (Å²) < 4.78 is 37.5. The Hall–Kier alpha value is -2.43. The van der Waals surface area contributed by atoms with Crippen molar-refractivity contribution >= 4 is 38.2 Å². The van der Waals surface area contributed by atoms with Gasteiger partial charge in [-0.3, -0.25) is 4.79 Å². The number of nitrogens with zero attached hydrogens (tertiary/aromatic N) is 1. The molecular weight excluding hydrogens is 440 g/mol. The maximum atomic E-state index is 13.0. The lowest BCUT2D eigenvalue weighted by atomic mass is 9.99. The number of sulfonamides is 1. The molecule has 1 amide bonds. The summed E-state index contributed by atoms with van der Waals surface area (Å²) in [6.07, 6.45) is 1.18. The molecular formula is C21H26N2O6S2. The molecule has 2 aromatic rings. The van der Waals surface area contributed by atoms with E-state index in [1.54, 1.807) is 32.0 Å². The number of benzene rings is 1. The van der Waals surface area contributed by atoms with E-state index in [1.165, 1.54) is 23.5 Å². The van der Waals surface area contributed by atoms with Gasteiger partial charge in [-0.15, -0.1) is 11.3 Å². The molecule has 1 aromatic heterocycles. The Morgan fingerprint density at radius 1 is 1.26 bits per heavy atom. The van der Waals surface area contributed by atoms with Crippen LogP contribution in [0.15, 0.2) is 35.2 Å². The number of carbonyl (C=O) groups excluding carboxylic acids is 2. The fourth-order valence-electron chi connectivity index (χ4n) is 3.44. The molecule has 1 aromatic carbocycles. The van der Waals surface area contributed by atoms with E-state index in [9.17, 15) is 18.0 Å². The highest BCUT2D eigenvalue weighted by molar-refractivity contribution is 7.89. The standard InChI is InChI=1S/C21H26N2O6S2/c1-4-29-21(25)19-14(2)12-18(30-19)22-20(24)15-6-5-11-23(13-15)31(26,27)17-9-7-16(28-3)8-10-17/h7-10,12,15H,4-6,11,13H2,1-3H3,(H,22,24). The molecule has 1 aliphatic rings. The fourth-order valence-corrected chi connectivity index (χ4v) is 5.93. The first-order valence-electron chi connectivity index (χ1n) is 9.99. The molecule has 0 saturated carbocycles. The molecule has 1 saturated heterocycles. The Bertz CT molecular complexity index is 1050. The van der Waals surface area contributed by atoms with Crippen molar-refractivity contribution in [2.45, 2.75) is 31.6 Å². The van der Waals surface area contributed by atoms with Gasteiger partial charge in [0.2, 0.25) is 15.9 Å². The summed E-state index contributed by atoms with van der Waals surface area (Å²) in [4.78, 5) is 25.4. The minimum atomic E-state index is -3.71. The summed E-state index contributed by atoms with van der Waals surface area (Å²) in [6, 6.07) is 7.93. The molecule has 168 valence electrons. The second-order valence-corrected chi connectivity index (χ2v) is 10.2. The number of aryl methyl sites for hydroxylation is 1. The minimum absolute atomic E-state index is 0.106. The molecule has 0 bridgehead atoms. The lowest BCUT2D eigenvalue weighted by molar-refractivity contribution is -0.120. The number of nitrogens with one attached hydrogen (secondary N) is 1. The molecule has 1 fully saturated rings. The highest BCUT2D eigenvalue weighted by atomic mass is 32.2. The van der Waals surface area contributed by atoms with E-state index in [0.29, 0.717) is 35.0 Å². The molecule has 10 heteroatoms. The SMILES string of the molecule is CCOC(=O)c1sc(NC(=O)C2CCCN(S(=O)(=O)c3ccc(OC)cc3)C2)cc1C. The van der Waals surface area contributed by atoms with Gasteiger partial charge in [-0.2, -0.15) is 4.31 Å². The van der Waals surface area contributed by atoms with Crippen LogP contribution in [0.4, 0.5) is 5.00 Å². The van der Waals surface area contributed by atoms with E-state index in [1.807, 2.05) is 0 Å². The third kappa shape index (κ3) is 5.25. The predicted molar refractivity (Wildman–Crippen MR) is 118 cm³/mol. The predicted octanol–water partition coefficient (Wildman–Crippen LogP) is 3.28. The quantitative estimate of drug-likeness (QED) is 0.629. The van der Waals surface area contributed by atoms with Gasteiger partial charge >= 0.3 is 5.97 Å². The van der Waals surface area contributed by atoms with Gasteiger partial charge in [0.15, 0.2) is 0 Å². The summed E-state index contributed by atoms with van der Waals surface area (Å²) in [5.41, 5.74) is 0.728. The number of hydrogen-bond donors (Lipinski definition) is 1. The van der Waals surface area contributed by atoms with Crippen LogP contribution in [0.5, 0.6) is 5.75 Å². The number of anilines is 1. The summed E-state index contributed by atoms with van der Waals surface area (Å²) in [5, 5.41) is 3.37. The number of piperidine rings is 1. The summed E-state index contributed by atoms with van der Waals surface area (Å²) in [7, 11) is -2.19. The Morgan fingerprint density at radius 2 is 1.97 bits per heavy atom. The van der Waals surface area contributed by atoms with Crippen molar-refractivity contribution in [1.82, 2.24) is 4.31 Å². The number of hydrogen-bond acceptors (Lipinski definition) is 7. The first-order chi connectivity index (χ1) is 14.8. The molecule has 0 radical (unpaired) electrons. The van der Waals surface area contributed by atoms with Crippen LogP contribution in [0, 0.1) is 12.8 Å². The van der Waals surface area contributed by atoms with Gasteiger partial charge in [-0.1, -0.05) is 0 Å². The normalized spacial score (nSPS) is 17.2. The molecule has 0 spiro atoms. The number of carbonyl (C=O) groups is 2. The van der Waals surface area contributed by atoms with Gasteiger partial charge in [-0.25, -0.2) is 13.2 Å². The van der Waals surface area contributed by atoms with Crippen molar-refractivity contribution in [2.75, 3.05) is 32.1 Å². The third-order valence-electron chi connectivity index (χ3n) is 5.08. The first-order valence-corrected chi connectivity index (χ1v) is 12.2. The maximum absolute atomic E-state index is 13.0. The molecule has 8 nitrogen and oxygen atoms in total. The second-order valence-electron chi connectivity index (χ2n) is 7.21. The number of thiophene rings is 1. The van der Waals surface area contributed by atoms with E-state index >= 15 is 0 Å². The van der Waals surface area contributed by atoms with Gasteiger partial charge in [0.25, 0.3) is 0 Å². The molecule has 1 N–H and O–H groups in total. The minimum Gasteiger partial charge on any atom is -0.497 e. The summed E-state index contributed by atoms with van der Waals surface area (Å²) in [6.45, 7) is 4.26. The van der Waals surface area contributed by atoms with Crippen LogP contribution in [0.2, 0.25) is 0 Å². The zero-order valence-electron chi connectivity index (χ0n) is 17.7. The van der Waals surface area contributed by atoms with Crippen LogP contribution in [-0.2, 0) is 19.6 Å². The molecule has 1 aliphatic heterocycles. The number of esters is 1. The van der Waals surface area contributed by atoms with Crippen LogP contribution < -0.4 is 10.1 Å². The first kappa shape index (κ1) is 23.2. The second kappa shape index (κ2) is 9.80. The average Bonchev–Trinajstić information content (AvgIpc) is 3.14. The summed E-state index contributed by atoms with van der Waals surface area (Å²) >= 11 is 1.16. The Kier molecular flexibility index (Phi) is 7.34. The van der Waals surface area contributed by atoms with Gasteiger partial charge in [0, 0.05) is 13.1 Å². The zero-order chi connectivity index (χ0) is 22.6. The summed E-state index contributed by atoms with van der Waals surface area (Å²) in [5.74, 6) is -0.579.